The second-order valence-electron chi connectivity index (χ2n) is 5.66. The number of nitrogen functional groups attached to an aromatic ring is 1. The molecule has 1 fully saturated rings. The lowest BCUT2D eigenvalue weighted by Crippen LogP contribution is -2.35. The Labute approximate surface area is 120 Å². The number of anilines is 2. The summed E-state index contributed by atoms with van der Waals surface area (Å²) in [5.74, 6) is 1.70. The van der Waals surface area contributed by atoms with Gasteiger partial charge in [0.15, 0.2) is 0 Å². The van der Waals surface area contributed by atoms with Gasteiger partial charge in [0.05, 0.1) is 6.10 Å². The molecular formula is C14H25N5O. The number of nitrogens with zero attached hydrogens (tertiary/aromatic N) is 4. The summed E-state index contributed by atoms with van der Waals surface area (Å²) >= 11 is 0. The molecule has 0 spiro atoms. The molecule has 1 aromatic heterocycles. The van der Waals surface area contributed by atoms with Crippen LogP contribution in [0.4, 0.5) is 11.9 Å². The number of aromatic nitrogens is 3. The first kappa shape index (κ1) is 14.8. The molecule has 0 radical (unpaired) electrons. The van der Waals surface area contributed by atoms with Gasteiger partial charge < -0.3 is 15.4 Å². The summed E-state index contributed by atoms with van der Waals surface area (Å²) in [5.41, 5.74) is 5.75. The molecule has 20 heavy (non-hydrogen) atoms. The van der Waals surface area contributed by atoms with Crippen LogP contribution in [0.2, 0.25) is 0 Å². The van der Waals surface area contributed by atoms with Crippen molar-refractivity contribution in [2.75, 3.05) is 23.7 Å². The van der Waals surface area contributed by atoms with Crippen molar-refractivity contribution in [2.24, 2.45) is 5.92 Å². The van der Waals surface area contributed by atoms with E-state index in [1.807, 2.05) is 13.8 Å². The normalized spacial score (nSPS) is 16.7. The average Bonchev–Trinajstić information content (AvgIpc) is 2.38. The Morgan fingerprint density at radius 2 is 1.95 bits per heavy atom. The molecule has 6 nitrogen and oxygen atoms in total. The number of rotatable bonds is 5. The SMILES string of the molecule is CCCC1CCN(c2nc(N)nc(OC(C)C)n2)CC1. The van der Waals surface area contributed by atoms with Gasteiger partial charge in [0.25, 0.3) is 0 Å². The molecule has 112 valence electrons. The van der Waals surface area contributed by atoms with Crippen molar-refractivity contribution >= 4 is 11.9 Å². The van der Waals surface area contributed by atoms with Crippen LogP contribution < -0.4 is 15.4 Å². The Hall–Kier alpha value is -1.59. The summed E-state index contributed by atoms with van der Waals surface area (Å²) in [5, 5.41) is 0. The fraction of sp³-hybridized carbons (Fsp3) is 0.786. The Morgan fingerprint density at radius 3 is 2.55 bits per heavy atom. The van der Waals surface area contributed by atoms with Crippen LogP contribution in [-0.4, -0.2) is 34.1 Å². The van der Waals surface area contributed by atoms with Crippen molar-refractivity contribution in [3.8, 4) is 6.01 Å². The zero-order chi connectivity index (χ0) is 14.5. The van der Waals surface area contributed by atoms with Gasteiger partial charge in [-0.2, -0.15) is 15.0 Å². The minimum Gasteiger partial charge on any atom is -0.461 e. The maximum absolute atomic E-state index is 5.75. The maximum Gasteiger partial charge on any atom is 0.323 e. The monoisotopic (exact) mass is 279 g/mol. The van der Waals surface area contributed by atoms with Gasteiger partial charge in [-0.1, -0.05) is 19.8 Å². The lowest BCUT2D eigenvalue weighted by Gasteiger charge is -2.31. The number of piperidine rings is 1. The lowest BCUT2D eigenvalue weighted by atomic mass is 9.93. The van der Waals surface area contributed by atoms with Gasteiger partial charge in [0.1, 0.15) is 0 Å². The van der Waals surface area contributed by atoms with Gasteiger partial charge in [-0.3, -0.25) is 0 Å². The zero-order valence-corrected chi connectivity index (χ0v) is 12.7. The molecule has 1 aliphatic rings. The van der Waals surface area contributed by atoms with E-state index in [1.54, 1.807) is 0 Å². The largest absolute Gasteiger partial charge is 0.461 e. The summed E-state index contributed by atoms with van der Waals surface area (Å²) < 4.78 is 5.52. The Bertz CT molecular complexity index is 430. The van der Waals surface area contributed by atoms with Gasteiger partial charge in [-0.15, -0.1) is 0 Å². The maximum atomic E-state index is 5.75. The Kier molecular flexibility index (Phi) is 4.98. The molecule has 1 aromatic rings. The third-order valence-corrected chi connectivity index (χ3v) is 3.56. The predicted octanol–water partition coefficient (Wildman–Crippen LogP) is 2.26. The lowest BCUT2D eigenvalue weighted by molar-refractivity contribution is 0.222. The second kappa shape index (κ2) is 6.72. The third-order valence-electron chi connectivity index (χ3n) is 3.56. The Balaban J connectivity index is 2.03. The molecule has 2 rings (SSSR count). The molecule has 1 aliphatic heterocycles. The molecule has 0 aliphatic carbocycles. The molecule has 1 saturated heterocycles. The predicted molar refractivity (Wildman–Crippen MR) is 79.8 cm³/mol. The summed E-state index contributed by atoms with van der Waals surface area (Å²) in [6, 6.07) is 0.318. The number of hydrogen-bond acceptors (Lipinski definition) is 6. The van der Waals surface area contributed by atoms with Crippen LogP contribution in [0.3, 0.4) is 0 Å². The van der Waals surface area contributed by atoms with E-state index >= 15 is 0 Å². The third kappa shape index (κ3) is 3.95. The van der Waals surface area contributed by atoms with Crippen LogP contribution >= 0.6 is 0 Å². The minimum atomic E-state index is 0.0277. The van der Waals surface area contributed by atoms with E-state index in [0.717, 1.165) is 19.0 Å². The van der Waals surface area contributed by atoms with Gasteiger partial charge in [-0.25, -0.2) is 0 Å². The van der Waals surface area contributed by atoms with Crippen molar-refractivity contribution < 1.29 is 4.74 Å². The summed E-state index contributed by atoms with van der Waals surface area (Å²) in [6.07, 6.45) is 4.99. The number of nitrogens with two attached hydrogens (primary N) is 1. The molecule has 0 bridgehead atoms. The molecule has 2 heterocycles. The molecule has 6 heteroatoms. The van der Waals surface area contributed by atoms with E-state index in [0.29, 0.717) is 12.0 Å². The molecule has 0 amide bonds. The van der Waals surface area contributed by atoms with Crippen LogP contribution in [-0.2, 0) is 0 Å². The van der Waals surface area contributed by atoms with Crippen LogP contribution in [0, 0.1) is 5.92 Å². The minimum absolute atomic E-state index is 0.0277. The van der Waals surface area contributed by atoms with Gasteiger partial charge >= 0.3 is 6.01 Å². The highest BCUT2D eigenvalue weighted by molar-refractivity contribution is 5.36. The standard InChI is InChI=1S/C14H25N5O/c1-4-5-11-6-8-19(9-7-11)13-16-12(15)17-14(18-13)20-10(2)3/h10-11H,4-9H2,1-3H3,(H2,15,16,17,18). The Morgan fingerprint density at radius 1 is 1.25 bits per heavy atom. The van der Waals surface area contributed by atoms with E-state index in [9.17, 15) is 0 Å². The van der Waals surface area contributed by atoms with Crippen LogP contribution in [0.25, 0.3) is 0 Å². The van der Waals surface area contributed by atoms with E-state index in [2.05, 4.69) is 26.8 Å². The molecule has 0 aromatic carbocycles. The van der Waals surface area contributed by atoms with Gasteiger partial charge in [0.2, 0.25) is 11.9 Å². The van der Waals surface area contributed by atoms with Crippen molar-refractivity contribution in [1.29, 1.82) is 0 Å². The zero-order valence-electron chi connectivity index (χ0n) is 12.7. The van der Waals surface area contributed by atoms with Crippen molar-refractivity contribution in [1.82, 2.24) is 15.0 Å². The number of hydrogen-bond donors (Lipinski definition) is 1. The van der Waals surface area contributed by atoms with Crippen LogP contribution in [0.15, 0.2) is 0 Å². The highest BCUT2D eigenvalue weighted by Crippen LogP contribution is 2.25. The van der Waals surface area contributed by atoms with E-state index < -0.39 is 0 Å². The van der Waals surface area contributed by atoms with E-state index in [-0.39, 0.29) is 12.1 Å². The summed E-state index contributed by atoms with van der Waals surface area (Å²) in [4.78, 5) is 14.8. The number of ether oxygens (including phenoxy) is 1. The fourth-order valence-electron chi connectivity index (χ4n) is 2.60. The smallest absolute Gasteiger partial charge is 0.323 e. The highest BCUT2D eigenvalue weighted by atomic mass is 16.5. The first-order valence-electron chi connectivity index (χ1n) is 7.51. The highest BCUT2D eigenvalue weighted by Gasteiger charge is 2.21. The van der Waals surface area contributed by atoms with Crippen LogP contribution in [0.1, 0.15) is 46.5 Å². The van der Waals surface area contributed by atoms with E-state index in [1.165, 1.54) is 25.7 Å². The van der Waals surface area contributed by atoms with Crippen LogP contribution in [0.5, 0.6) is 6.01 Å². The molecule has 0 saturated carbocycles. The molecule has 0 atom stereocenters. The quantitative estimate of drug-likeness (QED) is 0.890. The van der Waals surface area contributed by atoms with Crippen molar-refractivity contribution in [2.45, 2.75) is 52.6 Å². The van der Waals surface area contributed by atoms with Crippen molar-refractivity contribution in [3.63, 3.8) is 0 Å². The summed E-state index contributed by atoms with van der Waals surface area (Å²) in [6.45, 7) is 8.09. The van der Waals surface area contributed by atoms with Gasteiger partial charge in [0, 0.05) is 13.1 Å². The fourth-order valence-corrected chi connectivity index (χ4v) is 2.60. The first-order chi connectivity index (χ1) is 9.58. The molecule has 0 unspecified atom stereocenters. The molecular weight excluding hydrogens is 254 g/mol. The van der Waals surface area contributed by atoms with Crippen molar-refractivity contribution in [3.05, 3.63) is 0 Å². The second-order valence-corrected chi connectivity index (χ2v) is 5.66. The average molecular weight is 279 g/mol. The van der Waals surface area contributed by atoms with Gasteiger partial charge in [-0.05, 0) is 32.6 Å². The first-order valence-corrected chi connectivity index (χ1v) is 7.51. The molecule has 2 N–H and O–H groups in total. The summed E-state index contributed by atoms with van der Waals surface area (Å²) in [7, 11) is 0. The van der Waals surface area contributed by atoms with E-state index in [4.69, 9.17) is 10.5 Å². The topological polar surface area (TPSA) is 77.2 Å².